The Balaban J connectivity index is 2.98. The molecule has 6 nitrogen and oxygen atoms in total. The van der Waals surface area contributed by atoms with Crippen molar-refractivity contribution in [1.82, 2.24) is 0 Å². The number of rotatable bonds is 9. The van der Waals surface area contributed by atoms with Crippen molar-refractivity contribution < 1.29 is 19.0 Å². The van der Waals surface area contributed by atoms with Crippen LogP contribution in [0.3, 0.4) is 0 Å². The summed E-state index contributed by atoms with van der Waals surface area (Å²) in [5.41, 5.74) is 0.391. The molecule has 0 fully saturated rings. The van der Waals surface area contributed by atoms with Gasteiger partial charge >= 0.3 is 0 Å². The first-order chi connectivity index (χ1) is 11.0. The SMILES string of the molecule is CCOc1ccccc1C(=O)N=NC([SiH3])(OCC)C(C)OCC. The van der Waals surface area contributed by atoms with E-state index in [4.69, 9.17) is 14.2 Å². The fourth-order valence-corrected chi connectivity index (χ4v) is 2.60. The molecule has 2 unspecified atom stereocenters. The quantitative estimate of drug-likeness (QED) is 0.511. The maximum absolute atomic E-state index is 12.4. The monoisotopic (exact) mass is 338 g/mol. The Morgan fingerprint density at radius 2 is 1.91 bits per heavy atom. The maximum Gasteiger partial charge on any atom is 0.298 e. The number of hydrogen-bond donors (Lipinski definition) is 0. The van der Waals surface area contributed by atoms with Gasteiger partial charge in [-0.1, -0.05) is 12.1 Å². The van der Waals surface area contributed by atoms with E-state index in [1.807, 2.05) is 33.8 Å². The molecule has 1 rings (SSSR count). The first-order valence-corrected chi connectivity index (χ1v) is 8.93. The standard InChI is InChI=1S/C16H26N2O4Si/c1-5-20-12(4)16(23,22-7-3)18-17-15(19)13-10-8-9-11-14(13)21-6-2/h8-12H,5-7H2,1-4,23H3. The van der Waals surface area contributed by atoms with Gasteiger partial charge in [0.15, 0.2) is 5.35 Å². The van der Waals surface area contributed by atoms with Gasteiger partial charge in [-0.3, -0.25) is 4.79 Å². The fraction of sp³-hybridized carbons (Fsp3) is 0.562. The van der Waals surface area contributed by atoms with Gasteiger partial charge in [0.2, 0.25) is 0 Å². The highest BCUT2D eigenvalue weighted by Crippen LogP contribution is 2.22. The number of nitrogens with zero attached hydrogens (tertiary/aromatic N) is 2. The minimum atomic E-state index is -0.874. The van der Waals surface area contributed by atoms with Crippen LogP contribution in [0.5, 0.6) is 5.75 Å². The predicted octanol–water partition coefficient (Wildman–Crippen LogP) is 2.16. The number of azo groups is 1. The van der Waals surface area contributed by atoms with Gasteiger partial charge in [-0.05, 0) is 39.8 Å². The molecule has 0 radical (unpaired) electrons. The molecule has 23 heavy (non-hydrogen) atoms. The summed E-state index contributed by atoms with van der Waals surface area (Å²) in [6, 6.07) is 7.00. The number of amides is 1. The van der Waals surface area contributed by atoms with Crippen molar-refractivity contribution in [2.45, 2.75) is 39.1 Å². The van der Waals surface area contributed by atoms with Gasteiger partial charge in [0.05, 0.1) is 22.4 Å². The number of hydrogen-bond acceptors (Lipinski definition) is 5. The number of ether oxygens (including phenoxy) is 3. The van der Waals surface area contributed by atoms with Crippen LogP contribution >= 0.6 is 0 Å². The van der Waals surface area contributed by atoms with Gasteiger partial charge in [0.1, 0.15) is 11.9 Å². The molecule has 0 aliphatic rings. The summed E-state index contributed by atoms with van der Waals surface area (Å²) in [5.74, 6) is 0.0600. The first-order valence-electron chi connectivity index (χ1n) is 7.93. The zero-order chi connectivity index (χ0) is 17.3. The highest BCUT2D eigenvalue weighted by atomic mass is 28.1. The third-order valence-electron chi connectivity index (χ3n) is 3.36. The van der Waals surface area contributed by atoms with Crippen molar-refractivity contribution in [2.24, 2.45) is 10.2 Å². The Morgan fingerprint density at radius 3 is 2.52 bits per heavy atom. The smallest absolute Gasteiger partial charge is 0.298 e. The average molecular weight is 338 g/mol. The van der Waals surface area contributed by atoms with Gasteiger partial charge in [-0.25, -0.2) is 0 Å². The van der Waals surface area contributed by atoms with E-state index in [0.717, 1.165) is 0 Å². The van der Waals surface area contributed by atoms with Crippen LogP contribution in [0.25, 0.3) is 0 Å². The fourth-order valence-electron chi connectivity index (χ4n) is 2.05. The van der Waals surface area contributed by atoms with Crippen LogP contribution in [0.1, 0.15) is 38.1 Å². The Labute approximate surface area is 140 Å². The lowest BCUT2D eigenvalue weighted by Crippen LogP contribution is -2.43. The molecule has 0 spiro atoms. The van der Waals surface area contributed by atoms with E-state index in [9.17, 15) is 4.79 Å². The normalized spacial score (nSPS) is 15.5. The van der Waals surface area contributed by atoms with E-state index in [0.29, 0.717) is 41.4 Å². The summed E-state index contributed by atoms with van der Waals surface area (Å²) in [5, 5.41) is 7.17. The van der Waals surface area contributed by atoms with Gasteiger partial charge in [-0.15, -0.1) is 5.11 Å². The average Bonchev–Trinajstić information content (AvgIpc) is 2.54. The zero-order valence-corrected chi connectivity index (χ0v) is 16.5. The molecular formula is C16H26N2O4Si. The largest absolute Gasteiger partial charge is 0.493 e. The van der Waals surface area contributed by atoms with Gasteiger partial charge in [-0.2, -0.15) is 5.11 Å². The van der Waals surface area contributed by atoms with Crippen LogP contribution < -0.4 is 4.74 Å². The number of carbonyl (C=O) groups excluding carboxylic acids is 1. The molecule has 0 saturated heterocycles. The molecule has 2 atom stereocenters. The number of para-hydroxylation sites is 1. The molecular weight excluding hydrogens is 312 g/mol. The van der Waals surface area contributed by atoms with Crippen LogP contribution in [-0.4, -0.2) is 47.4 Å². The van der Waals surface area contributed by atoms with E-state index in [1.54, 1.807) is 18.2 Å². The highest BCUT2D eigenvalue weighted by Gasteiger charge is 2.32. The number of benzene rings is 1. The van der Waals surface area contributed by atoms with E-state index in [2.05, 4.69) is 10.2 Å². The van der Waals surface area contributed by atoms with Crippen LogP contribution in [-0.2, 0) is 9.47 Å². The molecule has 1 amide bonds. The van der Waals surface area contributed by atoms with E-state index in [1.165, 1.54) is 0 Å². The van der Waals surface area contributed by atoms with Gasteiger partial charge in [0, 0.05) is 13.2 Å². The van der Waals surface area contributed by atoms with E-state index < -0.39 is 11.3 Å². The third-order valence-corrected chi connectivity index (χ3v) is 4.67. The molecule has 0 aliphatic heterocycles. The molecule has 0 aliphatic carbocycles. The summed E-state index contributed by atoms with van der Waals surface area (Å²) in [6.07, 6.45) is -0.266. The number of carbonyl (C=O) groups is 1. The molecule has 0 heterocycles. The van der Waals surface area contributed by atoms with Crippen molar-refractivity contribution in [2.75, 3.05) is 19.8 Å². The summed E-state index contributed by atoms with van der Waals surface area (Å²) in [6.45, 7) is 9.04. The Kier molecular flexibility index (Phi) is 8.08. The lowest BCUT2D eigenvalue weighted by molar-refractivity contribution is -0.0840. The summed E-state index contributed by atoms with van der Waals surface area (Å²) in [4.78, 5) is 12.4. The molecule has 0 aromatic heterocycles. The van der Waals surface area contributed by atoms with E-state index >= 15 is 0 Å². The Hall–Kier alpha value is -1.57. The third kappa shape index (κ3) is 5.53. The summed E-state index contributed by atoms with van der Waals surface area (Å²) in [7, 11) is 0.553. The van der Waals surface area contributed by atoms with Crippen molar-refractivity contribution in [3.8, 4) is 5.75 Å². The van der Waals surface area contributed by atoms with Gasteiger partial charge < -0.3 is 14.2 Å². The van der Waals surface area contributed by atoms with Crippen LogP contribution in [0.4, 0.5) is 0 Å². The molecule has 0 N–H and O–H groups in total. The van der Waals surface area contributed by atoms with Crippen molar-refractivity contribution >= 4 is 16.1 Å². The Morgan fingerprint density at radius 1 is 1.22 bits per heavy atom. The summed E-state index contributed by atoms with van der Waals surface area (Å²) >= 11 is 0. The van der Waals surface area contributed by atoms with Gasteiger partial charge in [0.25, 0.3) is 5.91 Å². The van der Waals surface area contributed by atoms with Crippen molar-refractivity contribution in [3.05, 3.63) is 29.8 Å². The van der Waals surface area contributed by atoms with Crippen LogP contribution in [0.15, 0.2) is 34.5 Å². The minimum Gasteiger partial charge on any atom is -0.493 e. The van der Waals surface area contributed by atoms with E-state index in [-0.39, 0.29) is 6.10 Å². The maximum atomic E-state index is 12.4. The van der Waals surface area contributed by atoms with Crippen LogP contribution in [0, 0.1) is 0 Å². The van der Waals surface area contributed by atoms with Crippen LogP contribution in [0.2, 0.25) is 0 Å². The molecule has 1 aromatic rings. The van der Waals surface area contributed by atoms with Crippen molar-refractivity contribution in [1.29, 1.82) is 0 Å². The second-order valence-electron chi connectivity index (χ2n) is 5.02. The molecule has 7 heteroatoms. The molecule has 0 saturated carbocycles. The van der Waals surface area contributed by atoms with Crippen molar-refractivity contribution in [3.63, 3.8) is 0 Å². The topological polar surface area (TPSA) is 69.5 Å². The second kappa shape index (κ2) is 9.54. The molecule has 0 bridgehead atoms. The highest BCUT2D eigenvalue weighted by molar-refractivity contribution is 6.14. The molecule has 1 aromatic carbocycles. The minimum absolute atomic E-state index is 0.266. The summed E-state index contributed by atoms with van der Waals surface area (Å²) < 4.78 is 16.7. The first kappa shape index (κ1) is 19.5. The Bertz CT molecular complexity index is 539. The molecule has 128 valence electrons. The predicted molar refractivity (Wildman–Crippen MR) is 92.2 cm³/mol. The lowest BCUT2D eigenvalue weighted by Gasteiger charge is -2.30. The second-order valence-corrected chi connectivity index (χ2v) is 6.45. The zero-order valence-electron chi connectivity index (χ0n) is 14.5. The lowest BCUT2D eigenvalue weighted by atomic mass is 10.2.